The van der Waals surface area contributed by atoms with Crippen LogP contribution in [0.25, 0.3) is 0 Å². The summed E-state index contributed by atoms with van der Waals surface area (Å²) in [5.74, 6) is -0.715. The Labute approximate surface area is 122 Å². The number of hydrogen-bond donors (Lipinski definition) is 3. The zero-order valence-corrected chi connectivity index (χ0v) is 11.8. The Bertz CT molecular complexity index is 503. The molecule has 1 aliphatic heterocycles. The number of ether oxygens (including phenoxy) is 1. The highest BCUT2D eigenvalue weighted by Crippen LogP contribution is 2.19. The number of hydrogen-bond acceptors (Lipinski definition) is 4. The molecule has 1 aliphatic rings. The van der Waals surface area contributed by atoms with Crippen LogP contribution in [-0.4, -0.2) is 41.3 Å². The van der Waals surface area contributed by atoms with E-state index in [2.05, 4.69) is 15.6 Å². The Morgan fingerprint density at radius 1 is 1.43 bits per heavy atom. The molecule has 1 aromatic heterocycles. The number of carbonyl (C=O) groups is 2. The van der Waals surface area contributed by atoms with Crippen molar-refractivity contribution >= 4 is 12.0 Å². The molecule has 2 heterocycles. The van der Waals surface area contributed by atoms with Crippen molar-refractivity contribution in [2.75, 3.05) is 13.2 Å². The van der Waals surface area contributed by atoms with Gasteiger partial charge in [-0.2, -0.15) is 0 Å². The van der Waals surface area contributed by atoms with Crippen molar-refractivity contribution in [1.29, 1.82) is 0 Å². The zero-order valence-electron chi connectivity index (χ0n) is 11.8. The zero-order chi connectivity index (χ0) is 15.2. The maximum Gasteiger partial charge on any atom is 0.354 e. The van der Waals surface area contributed by atoms with Gasteiger partial charge in [0.05, 0.1) is 6.10 Å². The van der Waals surface area contributed by atoms with Crippen LogP contribution in [0.3, 0.4) is 0 Å². The Morgan fingerprint density at radius 3 is 2.81 bits per heavy atom. The molecule has 2 atom stereocenters. The van der Waals surface area contributed by atoms with Crippen molar-refractivity contribution in [1.82, 2.24) is 15.6 Å². The maximum absolute atomic E-state index is 11.7. The molecular weight excluding hydrogens is 274 g/mol. The van der Waals surface area contributed by atoms with Crippen LogP contribution < -0.4 is 10.6 Å². The van der Waals surface area contributed by atoms with Gasteiger partial charge in [-0.25, -0.2) is 14.6 Å². The van der Waals surface area contributed by atoms with Crippen LogP contribution in [0.1, 0.15) is 29.4 Å². The minimum atomic E-state index is -1.07. The molecule has 0 aromatic carbocycles. The number of carbonyl (C=O) groups excluding carboxylic acids is 1. The molecule has 1 saturated heterocycles. The second-order valence-corrected chi connectivity index (χ2v) is 5.05. The molecule has 2 rings (SSSR count). The lowest BCUT2D eigenvalue weighted by Gasteiger charge is -2.15. The van der Waals surface area contributed by atoms with E-state index in [1.165, 1.54) is 12.3 Å². The van der Waals surface area contributed by atoms with Gasteiger partial charge in [-0.1, -0.05) is 6.07 Å². The van der Waals surface area contributed by atoms with Crippen molar-refractivity contribution in [3.05, 3.63) is 29.6 Å². The third-order valence-corrected chi connectivity index (χ3v) is 3.55. The number of carboxylic acids is 1. The lowest BCUT2D eigenvalue weighted by molar-refractivity contribution is 0.0690. The van der Waals surface area contributed by atoms with Gasteiger partial charge in [0.1, 0.15) is 5.69 Å². The topological polar surface area (TPSA) is 101 Å². The molecule has 114 valence electrons. The van der Waals surface area contributed by atoms with Gasteiger partial charge in [0.25, 0.3) is 0 Å². The van der Waals surface area contributed by atoms with Crippen molar-refractivity contribution in [3.63, 3.8) is 0 Å². The number of urea groups is 1. The Balaban J connectivity index is 1.72. The summed E-state index contributed by atoms with van der Waals surface area (Å²) in [6.45, 7) is 3.64. The highest BCUT2D eigenvalue weighted by molar-refractivity contribution is 5.85. The fraction of sp³-hybridized carbons (Fsp3) is 0.500. The first-order chi connectivity index (χ1) is 10.1. The molecular formula is C14H19N3O4. The van der Waals surface area contributed by atoms with Gasteiger partial charge >= 0.3 is 12.0 Å². The molecule has 3 N–H and O–H groups in total. The quantitative estimate of drug-likeness (QED) is 0.752. The van der Waals surface area contributed by atoms with Crippen LogP contribution in [0.2, 0.25) is 0 Å². The van der Waals surface area contributed by atoms with E-state index >= 15 is 0 Å². The summed E-state index contributed by atoms with van der Waals surface area (Å²) in [6.07, 6.45) is 2.58. The van der Waals surface area contributed by atoms with Gasteiger partial charge in [-0.3, -0.25) is 0 Å². The highest BCUT2D eigenvalue weighted by atomic mass is 16.5. The van der Waals surface area contributed by atoms with Gasteiger partial charge in [-0.05, 0) is 25.0 Å². The fourth-order valence-corrected chi connectivity index (χ4v) is 2.17. The molecule has 0 spiro atoms. The van der Waals surface area contributed by atoms with Gasteiger partial charge in [0.15, 0.2) is 0 Å². The van der Waals surface area contributed by atoms with Crippen molar-refractivity contribution in [2.45, 2.75) is 26.0 Å². The summed E-state index contributed by atoms with van der Waals surface area (Å²) in [4.78, 5) is 26.1. The molecule has 0 aliphatic carbocycles. The number of nitrogens with one attached hydrogen (secondary N) is 2. The number of pyridine rings is 1. The third-order valence-electron chi connectivity index (χ3n) is 3.55. The molecule has 0 saturated carbocycles. The first-order valence-electron chi connectivity index (χ1n) is 6.88. The average Bonchev–Trinajstić information content (AvgIpc) is 2.88. The summed E-state index contributed by atoms with van der Waals surface area (Å²) in [5, 5.41) is 14.3. The van der Waals surface area contributed by atoms with E-state index in [0.717, 1.165) is 18.6 Å². The lowest BCUT2D eigenvalue weighted by atomic mass is 10.0. The standard InChI is InChI=1S/C14H19N3O4/c1-9-11(4-5-21-9)8-17-14(20)16-7-10-2-3-12(13(18)19)15-6-10/h2-3,6,9,11H,4-5,7-8H2,1H3,(H,18,19)(H2,16,17,20). The molecule has 7 heteroatoms. The second kappa shape index (κ2) is 7.03. The van der Waals surface area contributed by atoms with E-state index in [4.69, 9.17) is 9.84 Å². The summed E-state index contributed by atoms with van der Waals surface area (Å²) >= 11 is 0. The van der Waals surface area contributed by atoms with Crippen molar-refractivity contribution < 1.29 is 19.4 Å². The van der Waals surface area contributed by atoms with Crippen LogP contribution in [-0.2, 0) is 11.3 Å². The Morgan fingerprint density at radius 2 is 2.24 bits per heavy atom. The normalized spacial score (nSPS) is 21.0. The molecule has 1 fully saturated rings. The predicted octanol–water partition coefficient (Wildman–Crippen LogP) is 1.00. The van der Waals surface area contributed by atoms with Gasteiger partial charge in [0.2, 0.25) is 0 Å². The monoisotopic (exact) mass is 293 g/mol. The lowest BCUT2D eigenvalue weighted by Crippen LogP contribution is -2.39. The van der Waals surface area contributed by atoms with Crippen LogP contribution in [0.15, 0.2) is 18.3 Å². The fourth-order valence-electron chi connectivity index (χ4n) is 2.17. The highest BCUT2D eigenvalue weighted by Gasteiger charge is 2.24. The van der Waals surface area contributed by atoms with Gasteiger partial charge < -0.3 is 20.5 Å². The van der Waals surface area contributed by atoms with Crippen LogP contribution in [0.5, 0.6) is 0 Å². The molecule has 0 bridgehead atoms. The van der Waals surface area contributed by atoms with Crippen LogP contribution in [0.4, 0.5) is 4.79 Å². The smallest absolute Gasteiger partial charge is 0.354 e. The SMILES string of the molecule is CC1OCCC1CNC(=O)NCc1ccc(C(=O)O)nc1. The maximum atomic E-state index is 11.7. The number of aromatic nitrogens is 1. The summed E-state index contributed by atoms with van der Waals surface area (Å²) in [7, 11) is 0. The predicted molar refractivity (Wildman–Crippen MR) is 75.0 cm³/mol. The molecule has 0 radical (unpaired) electrons. The molecule has 2 unspecified atom stereocenters. The summed E-state index contributed by atoms with van der Waals surface area (Å²) < 4.78 is 5.43. The van der Waals surface area contributed by atoms with Gasteiger partial charge in [0, 0.05) is 31.8 Å². The molecule has 1 aromatic rings. The number of nitrogens with zero attached hydrogens (tertiary/aromatic N) is 1. The second-order valence-electron chi connectivity index (χ2n) is 5.05. The van der Waals surface area contributed by atoms with E-state index in [1.807, 2.05) is 6.92 Å². The van der Waals surface area contributed by atoms with Crippen molar-refractivity contribution in [2.24, 2.45) is 5.92 Å². The number of aromatic carboxylic acids is 1. The molecule has 2 amide bonds. The number of amides is 2. The minimum Gasteiger partial charge on any atom is -0.477 e. The minimum absolute atomic E-state index is 0.0153. The Hall–Kier alpha value is -2.15. The van der Waals surface area contributed by atoms with E-state index in [0.29, 0.717) is 19.0 Å². The summed E-state index contributed by atoms with van der Waals surface area (Å²) in [6, 6.07) is 2.79. The largest absolute Gasteiger partial charge is 0.477 e. The summed E-state index contributed by atoms with van der Waals surface area (Å²) in [5.41, 5.74) is 0.728. The van der Waals surface area contributed by atoms with Crippen LogP contribution >= 0.6 is 0 Å². The number of rotatable bonds is 5. The first kappa shape index (κ1) is 15.2. The van der Waals surface area contributed by atoms with Gasteiger partial charge in [-0.15, -0.1) is 0 Å². The molecule has 7 nitrogen and oxygen atoms in total. The average molecular weight is 293 g/mol. The Kier molecular flexibility index (Phi) is 5.10. The van der Waals surface area contributed by atoms with E-state index in [1.54, 1.807) is 6.07 Å². The van der Waals surface area contributed by atoms with E-state index in [9.17, 15) is 9.59 Å². The first-order valence-corrected chi connectivity index (χ1v) is 6.88. The van der Waals surface area contributed by atoms with Crippen molar-refractivity contribution in [3.8, 4) is 0 Å². The van der Waals surface area contributed by atoms with E-state index < -0.39 is 5.97 Å². The van der Waals surface area contributed by atoms with E-state index in [-0.39, 0.29) is 17.8 Å². The number of carboxylic acid groups (broad SMARTS) is 1. The van der Waals surface area contributed by atoms with Crippen LogP contribution in [0, 0.1) is 5.92 Å². The third kappa shape index (κ3) is 4.42. The molecule has 21 heavy (non-hydrogen) atoms.